The average Bonchev–Trinajstić information content (AvgIpc) is 3.12. The number of fused-ring (bicyclic) bond motifs is 1. The maximum atomic E-state index is 11.0. The third kappa shape index (κ3) is 3.12. The lowest BCUT2D eigenvalue weighted by Gasteiger charge is -2.13. The monoisotopic (exact) mass is 312 g/mol. The molecule has 3 aromatic rings. The second-order valence-corrected chi connectivity index (χ2v) is 5.69. The van der Waals surface area contributed by atoms with Crippen molar-refractivity contribution < 1.29 is 9.90 Å². The molecule has 0 fully saturated rings. The van der Waals surface area contributed by atoms with E-state index in [-0.39, 0.29) is 5.69 Å². The van der Waals surface area contributed by atoms with Gasteiger partial charge in [0.15, 0.2) is 0 Å². The van der Waals surface area contributed by atoms with Crippen molar-refractivity contribution in [3.05, 3.63) is 54.2 Å². The van der Waals surface area contributed by atoms with Gasteiger partial charge in [0.1, 0.15) is 11.9 Å². The highest BCUT2D eigenvalue weighted by Crippen LogP contribution is 2.21. The first-order valence-electron chi connectivity index (χ1n) is 7.62. The highest BCUT2D eigenvalue weighted by atomic mass is 16.3. The van der Waals surface area contributed by atoms with Gasteiger partial charge in [-0.05, 0) is 37.3 Å². The molecule has 0 radical (unpaired) electrons. The van der Waals surface area contributed by atoms with Crippen molar-refractivity contribution in [1.82, 2.24) is 14.1 Å². The lowest BCUT2D eigenvalue weighted by atomic mass is 10.2. The molecule has 1 amide bonds. The van der Waals surface area contributed by atoms with Crippen LogP contribution in [0.1, 0.15) is 35.3 Å². The number of carbonyl (C=O) groups excluding carboxylic acids is 1. The number of imidazole rings is 1. The number of amides is 1. The number of aryl methyl sites for hydroxylation is 2. The summed E-state index contributed by atoms with van der Waals surface area (Å²) in [6.45, 7) is 2.92. The first kappa shape index (κ1) is 15.3. The normalized spacial score (nSPS) is 12.6. The first-order valence-corrected chi connectivity index (χ1v) is 7.62. The molecule has 120 valence electrons. The highest BCUT2D eigenvalue weighted by Gasteiger charge is 2.11. The van der Waals surface area contributed by atoms with Gasteiger partial charge in [-0.15, -0.1) is 0 Å². The minimum Gasteiger partial charge on any atom is -0.373 e. The fraction of sp³-hybridized carbons (Fsp3) is 0.294. The smallest absolute Gasteiger partial charge is 0.268 e. The van der Waals surface area contributed by atoms with E-state index in [1.807, 2.05) is 12.1 Å². The Morgan fingerprint density at radius 1 is 1.39 bits per heavy atom. The Morgan fingerprint density at radius 2 is 2.17 bits per heavy atom. The summed E-state index contributed by atoms with van der Waals surface area (Å²) in [5.41, 5.74) is 7.74. The molecule has 0 aliphatic carbocycles. The van der Waals surface area contributed by atoms with Crippen molar-refractivity contribution in [3.8, 4) is 0 Å². The molecule has 0 bridgehead atoms. The Labute approximate surface area is 134 Å². The third-order valence-corrected chi connectivity index (χ3v) is 4.06. The van der Waals surface area contributed by atoms with E-state index in [1.54, 1.807) is 0 Å². The van der Waals surface area contributed by atoms with Gasteiger partial charge in [-0.3, -0.25) is 4.79 Å². The van der Waals surface area contributed by atoms with Gasteiger partial charge in [-0.25, -0.2) is 4.98 Å². The van der Waals surface area contributed by atoms with Gasteiger partial charge in [0.2, 0.25) is 0 Å². The molecule has 6 nitrogen and oxygen atoms in total. The third-order valence-electron chi connectivity index (χ3n) is 4.06. The van der Waals surface area contributed by atoms with Crippen LogP contribution in [0.5, 0.6) is 0 Å². The molecule has 0 saturated carbocycles. The fourth-order valence-corrected chi connectivity index (χ4v) is 2.85. The number of rotatable bonds is 6. The molecular weight excluding hydrogens is 292 g/mol. The number of aliphatic hydroxyl groups is 1. The minimum atomic E-state index is -0.710. The second-order valence-electron chi connectivity index (χ2n) is 5.69. The van der Waals surface area contributed by atoms with Crippen LogP contribution < -0.4 is 5.73 Å². The molecule has 1 aromatic carbocycles. The van der Waals surface area contributed by atoms with Crippen LogP contribution in [0.3, 0.4) is 0 Å². The predicted molar refractivity (Wildman–Crippen MR) is 87.9 cm³/mol. The molecule has 1 atom stereocenters. The Balaban J connectivity index is 1.64. The van der Waals surface area contributed by atoms with E-state index in [0.29, 0.717) is 6.42 Å². The summed E-state index contributed by atoms with van der Waals surface area (Å²) < 4.78 is 3.77. The topological polar surface area (TPSA) is 86.1 Å². The number of nitrogens with two attached hydrogens (primary N) is 1. The number of primary amides is 1. The van der Waals surface area contributed by atoms with Crippen LogP contribution in [-0.2, 0) is 6.54 Å². The molecule has 23 heavy (non-hydrogen) atoms. The lowest BCUT2D eigenvalue weighted by molar-refractivity contribution is 0.0904. The van der Waals surface area contributed by atoms with Gasteiger partial charge < -0.3 is 20.0 Å². The first-order chi connectivity index (χ1) is 11.1. The van der Waals surface area contributed by atoms with E-state index in [9.17, 15) is 9.90 Å². The Hall–Kier alpha value is -2.60. The SMILES string of the molecule is Cc1cc2ccccc2n1CCC[C@@H](O)n1cnc(C(N)=O)c1. The summed E-state index contributed by atoms with van der Waals surface area (Å²) in [5.74, 6) is -0.592. The fourth-order valence-electron chi connectivity index (χ4n) is 2.85. The highest BCUT2D eigenvalue weighted by molar-refractivity contribution is 5.90. The van der Waals surface area contributed by atoms with E-state index in [4.69, 9.17) is 5.73 Å². The molecule has 2 aromatic heterocycles. The van der Waals surface area contributed by atoms with E-state index < -0.39 is 12.1 Å². The van der Waals surface area contributed by atoms with Gasteiger partial charge in [0.25, 0.3) is 5.91 Å². The quantitative estimate of drug-likeness (QED) is 0.731. The Kier molecular flexibility index (Phi) is 4.16. The average molecular weight is 312 g/mol. The number of nitrogens with zero attached hydrogens (tertiary/aromatic N) is 3. The molecule has 0 saturated heterocycles. The summed E-state index contributed by atoms with van der Waals surface area (Å²) in [6, 6.07) is 10.4. The standard InChI is InChI=1S/C17H20N4O2/c1-12-9-13-5-2-3-6-15(13)21(12)8-4-7-16(22)20-10-14(17(18)23)19-11-20/h2-3,5-6,9-11,16,22H,4,7-8H2,1H3,(H2,18,23)/t16-/m1/s1. The molecule has 6 heteroatoms. The van der Waals surface area contributed by atoms with Crippen LogP contribution in [0.15, 0.2) is 42.9 Å². The van der Waals surface area contributed by atoms with E-state index in [2.05, 4.69) is 34.7 Å². The Morgan fingerprint density at radius 3 is 2.91 bits per heavy atom. The van der Waals surface area contributed by atoms with Crippen LogP contribution in [0.2, 0.25) is 0 Å². The van der Waals surface area contributed by atoms with Gasteiger partial charge in [0.05, 0.1) is 6.33 Å². The zero-order chi connectivity index (χ0) is 16.4. The van der Waals surface area contributed by atoms with Crippen molar-refractivity contribution in [2.24, 2.45) is 5.73 Å². The predicted octanol–water partition coefficient (Wildman–Crippen LogP) is 2.22. The van der Waals surface area contributed by atoms with Gasteiger partial charge in [-0.2, -0.15) is 0 Å². The van der Waals surface area contributed by atoms with Crippen molar-refractivity contribution in [3.63, 3.8) is 0 Å². The number of hydrogen-bond donors (Lipinski definition) is 2. The maximum absolute atomic E-state index is 11.0. The van der Waals surface area contributed by atoms with Crippen LogP contribution >= 0.6 is 0 Å². The number of benzene rings is 1. The van der Waals surface area contributed by atoms with Crippen LogP contribution in [-0.4, -0.2) is 25.1 Å². The molecule has 0 aliphatic rings. The van der Waals surface area contributed by atoms with Crippen molar-refractivity contribution in [2.45, 2.75) is 32.5 Å². The molecule has 0 spiro atoms. The van der Waals surface area contributed by atoms with Crippen LogP contribution in [0.4, 0.5) is 0 Å². The van der Waals surface area contributed by atoms with Gasteiger partial charge in [-0.1, -0.05) is 18.2 Å². The van der Waals surface area contributed by atoms with Gasteiger partial charge in [0, 0.05) is 24.0 Å². The van der Waals surface area contributed by atoms with E-state index in [0.717, 1.165) is 13.0 Å². The molecule has 2 heterocycles. The number of aliphatic hydroxyl groups excluding tert-OH is 1. The summed E-state index contributed by atoms with van der Waals surface area (Å²) in [5, 5.41) is 11.4. The summed E-state index contributed by atoms with van der Waals surface area (Å²) in [7, 11) is 0. The van der Waals surface area contributed by atoms with Crippen LogP contribution in [0.25, 0.3) is 10.9 Å². The van der Waals surface area contributed by atoms with Gasteiger partial charge >= 0.3 is 0 Å². The summed E-state index contributed by atoms with van der Waals surface area (Å²) >= 11 is 0. The number of para-hydroxylation sites is 1. The summed E-state index contributed by atoms with van der Waals surface area (Å²) in [4.78, 5) is 14.9. The Bertz CT molecular complexity index is 834. The largest absolute Gasteiger partial charge is 0.373 e. The molecule has 3 rings (SSSR count). The van der Waals surface area contributed by atoms with Crippen molar-refractivity contribution in [1.29, 1.82) is 0 Å². The zero-order valence-corrected chi connectivity index (χ0v) is 13.0. The number of aromatic nitrogens is 3. The van der Waals surface area contributed by atoms with Crippen molar-refractivity contribution >= 4 is 16.8 Å². The number of hydrogen-bond acceptors (Lipinski definition) is 3. The van der Waals surface area contributed by atoms with Crippen molar-refractivity contribution in [2.75, 3.05) is 0 Å². The van der Waals surface area contributed by atoms with E-state index >= 15 is 0 Å². The molecule has 3 N–H and O–H groups in total. The summed E-state index contributed by atoms with van der Waals surface area (Å²) in [6.07, 6.45) is 3.58. The minimum absolute atomic E-state index is 0.163. The number of carbonyl (C=O) groups is 1. The maximum Gasteiger partial charge on any atom is 0.268 e. The zero-order valence-electron chi connectivity index (χ0n) is 13.0. The molecular formula is C17H20N4O2. The lowest BCUT2D eigenvalue weighted by Crippen LogP contribution is -2.12. The molecule has 0 unspecified atom stereocenters. The molecule has 0 aliphatic heterocycles. The van der Waals surface area contributed by atoms with E-state index in [1.165, 1.54) is 33.7 Å². The van der Waals surface area contributed by atoms with Crippen LogP contribution in [0, 0.1) is 6.92 Å². The second kappa shape index (κ2) is 6.26.